The lowest BCUT2D eigenvalue weighted by molar-refractivity contribution is 0.200. The van der Waals surface area contributed by atoms with Crippen LogP contribution in [0.3, 0.4) is 0 Å². The highest BCUT2D eigenvalue weighted by Crippen LogP contribution is 2.12. The normalized spacial score (nSPS) is 13.5. The molecule has 1 aromatic carbocycles. The van der Waals surface area contributed by atoms with Crippen LogP contribution in [0.5, 0.6) is 5.75 Å². The zero-order valence-corrected chi connectivity index (χ0v) is 11.6. The van der Waals surface area contributed by atoms with Gasteiger partial charge in [-0.25, -0.2) is 4.79 Å². The molecule has 2 unspecified atom stereocenters. The van der Waals surface area contributed by atoms with Gasteiger partial charge in [0.2, 0.25) is 0 Å². The molecule has 0 aliphatic heterocycles. The maximum atomic E-state index is 11.4. The van der Waals surface area contributed by atoms with E-state index in [0.717, 1.165) is 5.75 Å². The third-order valence-electron chi connectivity index (χ3n) is 2.56. The van der Waals surface area contributed by atoms with Gasteiger partial charge in [-0.1, -0.05) is 17.7 Å². The van der Waals surface area contributed by atoms with Crippen LogP contribution in [-0.2, 0) is 0 Å². The highest BCUT2D eigenvalue weighted by molar-refractivity contribution is 5.74. The number of ether oxygens (including phenoxy) is 1. The first-order valence-electron chi connectivity index (χ1n) is 6.39. The van der Waals surface area contributed by atoms with Crippen molar-refractivity contribution in [3.8, 4) is 5.75 Å². The van der Waals surface area contributed by atoms with Crippen LogP contribution in [0.4, 0.5) is 4.79 Å². The van der Waals surface area contributed by atoms with Crippen LogP contribution in [0.15, 0.2) is 24.3 Å². The van der Waals surface area contributed by atoms with Gasteiger partial charge in [0.05, 0.1) is 19.2 Å². The smallest absolute Gasteiger partial charge is 0.315 e. The molecule has 0 aliphatic rings. The van der Waals surface area contributed by atoms with E-state index in [9.17, 15) is 4.79 Å². The molecule has 0 radical (unpaired) electrons. The quantitative estimate of drug-likeness (QED) is 0.729. The molecule has 0 heterocycles. The second-order valence-electron chi connectivity index (χ2n) is 4.68. The van der Waals surface area contributed by atoms with Crippen molar-refractivity contribution in [1.82, 2.24) is 10.6 Å². The Kier molecular flexibility index (Phi) is 6.15. The summed E-state index contributed by atoms with van der Waals surface area (Å²) in [5.74, 6) is 0.782. The monoisotopic (exact) mass is 266 g/mol. The number of aliphatic hydroxyl groups excluding tert-OH is 1. The number of nitrogens with one attached hydrogen (secondary N) is 2. The fraction of sp³-hybridized carbons (Fsp3) is 0.500. The first kappa shape index (κ1) is 15.3. The number of carbonyl (C=O) groups is 1. The summed E-state index contributed by atoms with van der Waals surface area (Å²) in [5.41, 5.74) is 1.18. The van der Waals surface area contributed by atoms with Crippen LogP contribution < -0.4 is 15.4 Å². The zero-order valence-electron chi connectivity index (χ0n) is 11.6. The van der Waals surface area contributed by atoms with Crippen LogP contribution in [0.25, 0.3) is 0 Å². The van der Waals surface area contributed by atoms with E-state index < -0.39 is 0 Å². The van der Waals surface area contributed by atoms with Crippen LogP contribution in [0.1, 0.15) is 19.4 Å². The predicted molar refractivity (Wildman–Crippen MR) is 74.4 cm³/mol. The van der Waals surface area contributed by atoms with Crippen molar-refractivity contribution in [3.63, 3.8) is 0 Å². The first-order chi connectivity index (χ1) is 9.01. The van der Waals surface area contributed by atoms with Crippen molar-refractivity contribution < 1.29 is 14.6 Å². The Morgan fingerprint density at radius 2 is 1.95 bits per heavy atom. The highest BCUT2D eigenvalue weighted by atomic mass is 16.5. The molecule has 106 valence electrons. The van der Waals surface area contributed by atoms with Gasteiger partial charge in [-0.05, 0) is 32.9 Å². The molecule has 3 N–H and O–H groups in total. The molecule has 2 atom stereocenters. The summed E-state index contributed by atoms with van der Waals surface area (Å²) in [6.07, 6.45) is -0.127. The van der Waals surface area contributed by atoms with Gasteiger partial charge in [0.25, 0.3) is 0 Å². The highest BCUT2D eigenvalue weighted by Gasteiger charge is 2.08. The molecule has 19 heavy (non-hydrogen) atoms. The number of hydrogen-bond donors (Lipinski definition) is 3. The van der Waals surface area contributed by atoms with Crippen molar-refractivity contribution in [1.29, 1.82) is 0 Å². The Labute approximate surface area is 114 Å². The van der Waals surface area contributed by atoms with Crippen molar-refractivity contribution in [2.75, 3.05) is 13.2 Å². The molecule has 0 fully saturated rings. The summed E-state index contributed by atoms with van der Waals surface area (Å²) >= 11 is 0. The molecule has 0 aromatic heterocycles. The fourth-order valence-electron chi connectivity index (χ4n) is 1.45. The molecule has 5 nitrogen and oxygen atoms in total. The molecule has 0 aliphatic carbocycles. The van der Waals surface area contributed by atoms with Gasteiger partial charge in [-0.15, -0.1) is 0 Å². The van der Waals surface area contributed by atoms with E-state index in [1.54, 1.807) is 6.92 Å². The third-order valence-corrected chi connectivity index (χ3v) is 2.56. The second kappa shape index (κ2) is 7.63. The molecule has 1 aromatic rings. The number of amides is 2. The summed E-state index contributed by atoms with van der Waals surface area (Å²) < 4.78 is 5.66. The zero-order chi connectivity index (χ0) is 14.3. The molecular weight excluding hydrogens is 244 g/mol. The summed E-state index contributed by atoms with van der Waals surface area (Å²) in [7, 11) is 0. The number of aryl methyl sites for hydroxylation is 1. The van der Waals surface area contributed by atoms with Gasteiger partial charge in [0.15, 0.2) is 0 Å². The van der Waals surface area contributed by atoms with Crippen LogP contribution >= 0.6 is 0 Å². The molecule has 0 saturated heterocycles. The lowest BCUT2D eigenvalue weighted by atomic mass is 10.2. The van der Waals surface area contributed by atoms with Crippen molar-refractivity contribution in [3.05, 3.63) is 29.8 Å². The maximum absolute atomic E-state index is 11.4. The maximum Gasteiger partial charge on any atom is 0.315 e. The van der Waals surface area contributed by atoms with E-state index in [4.69, 9.17) is 9.84 Å². The van der Waals surface area contributed by atoms with E-state index in [-0.39, 0.29) is 24.8 Å². The Morgan fingerprint density at radius 3 is 2.53 bits per heavy atom. The fourth-order valence-corrected chi connectivity index (χ4v) is 1.45. The van der Waals surface area contributed by atoms with Gasteiger partial charge in [0, 0.05) is 0 Å². The average Bonchev–Trinajstić information content (AvgIpc) is 2.39. The van der Waals surface area contributed by atoms with Gasteiger partial charge >= 0.3 is 6.03 Å². The van der Waals surface area contributed by atoms with Gasteiger partial charge < -0.3 is 20.5 Å². The first-order valence-corrected chi connectivity index (χ1v) is 6.39. The predicted octanol–water partition coefficient (Wildman–Crippen LogP) is 1.44. The lowest BCUT2D eigenvalue weighted by Gasteiger charge is -2.17. The van der Waals surface area contributed by atoms with Crippen molar-refractivity contribution in [2.45, 2.75) is 32.9 Å². The SMILES string of the molecule is Cc1ccc(OC(C)CNC(=O)NC(C)CO)cc1. The Bertz CT molecular complexity index is 392. The lowest BCUT2D eigenvalue weighted by Crippen LogP contribution is -2.45. The average molecular weight is 266 g/mol. The molecule has 0 bridgehead atoms. The van der Waals surface area contributed by atoms with Crippen molar-refractivity contribution >= 4 is 6.03 Å². The topological polar surface area (TPSA) is 70.6 Å². The summed E-state index contributed by atoms with van der Waals surface area (Å²) in [6.45, 7) is 5.95. The van der Waals surface area contributed by atoms with Gasteiger partial charge in [0.1, 0.15) is 11.9 Å². The van der Waals surface area contributed by atoms with E-state index in [1.807, 2.05) is 38.1 Å². The Balaban J connectivity index is 2.29. The number of rotatable bonds is 6. The molecule has 5 heteroatoms. The van der Waals surface area contributed by atoms with E-state index in [0.29, 0.717) is 6.54 Å². The van der Waals surface area contributed by atoms with Gasteiger partial charge in [-0.2, -0.15) is 0 Å². The Morgan fingerprint density at radius 1 is 1.32 bits per heavy atom. The minimum Gasteiger partial charge on any atom is -0.489 e. The van der Waals surface area contributed by atoms with E-state index in [1.165, 1.54) is 5.56 Å². The molecule has 0 spiro atoms. The van der Waals surface area contributed by atoms with Crippen molar-refractivity contribution in [2.24, 2.45) is 0 Å². The molecular formula is C14H22N2O3. The molecule has 1 rings (SSSR count). The standard InChI is InChI=1S/C14H22N2O3/c1-10-4-6-13(7-5-10)19-12(3)8-15-14(18)16-11(2)9-17/h4-7,11-12,17H,8-9H2,1-3H3,(H2,15,16,18). The van der Waals surface area contributed by atoms with E-state index >= 15 is 0 Å². The van der Waals surface area contributed by atoms with Crippen LogP contribution in [0, 0.1) is 6.92 Å². The summed E-state index contributed by atoms with van der Waals surface area (Å²) in [6, 6.07) is 7.20. The number of aliphatic hydroxyl groups is 1. The summed E-state index contributed by atoms with van der Waals surface area (Å²) in [5, 5.41) is 14.1. The van der Waals surface area contributed by atoms with Gasteiger partial charge in [-0.3, -0.25) is 0 Å². The van der Waals surface area contributed by atoms with Crippen LogP contribution in [-0.4, -0.2) is 36.4 Å². The minimum absolute atomic E-state index is 0.0805. The minimum atomic E-state index is -0.305. The number of hydrogen-bond acceptors (Lipinski definition) is 3. The number of urea groups is 1. The largest absolute Gasteiger partial charge is 0.489 e. The number of benzene rings is 1. The third kappa shape index (κ3) is 6.10. The van der Waals surface area contributed by atoms with Crippen LogP contribution in [0.2, 0.25) is 0 Å². The van der Waals surface area contributed by atoms with E-state index in [2.05, 4.69) is 10.6 Å². The molecule has 2 amide bonds. The number of carbonyl (C=O) groups excluding carboxylic acids is 1. The Hall–Kier alpha value is -1.75. The second-order valence-corrected chi connectivity index (χ2v) is 4.68. The summed E-state index contributed by atoms with van der Waals surface area (Å²) in [4.78, 5) is 11.4. The molecule has 0 saturated carbocycles.